The fourth-order valence-corrected chi connectivity index (χ4v) is 4.44. The molecule has 1 N–H and O–H groups in total. The SMILES string of the molecule is Cc1ccc(C2SCC(=O)N2CCNC(=O)OC(C)(C)C)s1. The summed E-state index contributed by atoms with van der Waals surface area (Å²) in [4.78, 5) is 27.9. The van der Waals surface area contributed by atoms with Gasteiger partial charge in [-0.2, -0.15) is 0 Å². The van der Waals surface area contributed by atoms with E-state index in [4.69, 9.17) is 4.74 Å². The lowest BCUT2D eigenvalue weighted by atomic mass is 10.2. The Balaban J connectivity index is 1.87. The number of carbonyl (C=O) groups is 2. The van der Waals surface area contributed by atoms with Gasteiger partial charge in [0, 0.05) is 22.8 Å². The van der Waals surface area contributed by atoms with Gasteiger partial charge in [-0.25, -0.2) is 4.79 Å². The molecular weight excluding hydrogens is 320 g/mol. The van der Waals surface area contributed by atoms with Crippen molar-refractivity contribution in [1.82, 2.24) is 10.2 Å². The third-order valence-electron chi connectivity index (χ3n) is 2.99. The highest BCUT2D eigenvalue weighted by Crippen LogP contribution is 2.41. The van der Waals surface area contributed by atoms with E-state index >= 15 is 0 Å². The first-order valence-electron chi connectivity index (χ1n) is 7.20. The maximum atomic E-state index is 12.0. The smallest absolute Gasteiger partial charge is 0.407 e. The molecule has 1 unspecified atom stereocenters. The van der Waals surface area contributed by atoms with Gasteiger partial charge in [-0.15, -0.1) is 23.1 Å². The number of carbonyl (C=O) groups excluding carboxylic acids is 2. The second-order valence-corrected chi connectivity index (χ2v) is 8.52. The number of thioether (sulfide) groups is 1. The van der Waals surface area contributed by atoms with E-state index < -0.39 is 11.7 Å². The van der Waals surface area contributed by atoms with E-state index in [9.17, 15) is 9.59 Å². The Morgan fingerprint density at radius 1 is 1.45 bits per heavy atom. The number of amides is 2. The van der Waals surface area contributed by atoms with Crippen LogP contribution >= 0.6 is 23.1 Å². The van der Waals surface area contributed by atoms with Crippen LogP contribution in [0, 0.1) is 6.92 Å². The summed E-state index contributed by atoms with van der Waals surface area (Å²) in [6.45, 7) is 8.41. The molecule has 2 amide bonds. The van der Waals surface area contributed by atoms with Gasteiger partial charge in [-0.1, -0.05) is 0 Å². The molecule has 0 aliphatic carbocycles. The van der Waals surface area contributed by atoms with Crippen LogP contribution in [0.4, 0.5) is 4.79 Å². The van der Waals surface area contributed by atoms with Crippen molar-refractivity contribution in [3.05, 3.63) is 21.9 Å². The molecule has 5 nitrogen and oxygen atoms in total. The maximum Gasteiger partial charge on any atom is 0.407 e. The minimum Gasteiger partial charge on any atom is -0.444 e. The molecule has 2 rings (SSSR count). The van der Waals surface area contributed by atoms with Crippen LogP contribution in [0.15, 0.2) is 12.1 Å². The van der Waals surface area contributed by atoms with E-state index in [-0.39, 0.29) is 11.3 Å². The Kier molecular flexibility index (Phi) is 5.39. The molecular formula is C15H22N2O3S2. The number of thiophene rings is 1. The second kappa shape index (κ2) is 6.91. The summed E-state index contributed by atoms with van der Waals surface area (Å²) in [5.41, 5.74) is -0.513. The highest BCUT2D eigenvalue weighted by molar-refractivity contribution is 8.00. The number of rotatable bonds is 4. The molecule has 1 aliphatic rings. The summed E-state index contributed by atoms with van der Waals surface area (Å²) < 4.78 is 5.19. The van der Waals surface area contributed by atoms with E-state index in [1.54, 1.807) is 23.1 Å². The second-order valence-electron chi connectivity index (χ2n) is 6.13. The van der Waals surface area contributed by atoms with Gasteiger partial charge in [0.1, 0.15) is 11.0 Å². The molecule has 0 bridgehead atoms. The largest absolute Gasteiger partial charge is 0.444 e. The van der Waals surface area contributed by atoms with E-state index in [2.05, 4.69) is 24.4 Å². The Morgan fingerprint density at radius 2 is 2.18 bits per heavy atom. The number of hydrogen-bond donors (Lipinski definition) is 1. The molecule has 1 aromatic heterocycles. The van der Waals surface area contributed by atoms with Crippen LogP contribution in [0.1, 0.15) is 35.9 Å². The monoisotopic (exact) mass is 342 g/mol. The fraction of sp³-hybridized carbons (Fsp3) is 0.600. The normalized spacial score (nSPS) is 18.6. The van der Waals surface area contributed by atoms with Gasteiger partial charge in [0.05, 0.1) is 5.75 Å². The van der Waals surface area contributed by atoms with Gasteiger partial charge in [0.25, 0.3) is 0 Å². The van der Waals surface area contributed by atoms with Crippen molar-refractivity contribution in [3.8, 4) is 0 Å². The van der Waals surface area contributed by atoms with Crippen molar-refractivity contribution in [2.75, 3.05) is 18.8 Å². The van der Waals surface area contributed by atoms with Crippen LogP contribution in [-0.4, -0.2) is 41.3 Å². The molecule has 1 aromatic rings. The molecule has 0 aromatic carbocycles. The van der Waals surface area contributed by atoms with Crippen LogP contribution in [0.25, 0.3) is 0 Å². The lowest BCUT2D eigenvalue weighted by Crippen LogP contribution is -2.39. The molecule has 0 radical (unpaired) electrons. The van der Waals surface area contributed by atoms with E-state index in [0.29, 0.717) is 18.8 Å². The lowest BCUT2D eigenvalue weighted by Gasteiger charge is -2.24. The highest BCUT2D eigenvalue weighted by atomic mass is 32.2. The van der Waals surface area contributed by atoms with E-state index in [1.807, 2.05) is 25.7 Å². The molecule has 7 heteroatoms. The quantitative estimate of drug-likeness (QED) is 0.913. The first-order chi connectivity index (χ1) is 10.3. The van der Waals surface area contributed by atoms with Crippen molar-refractivity contribution >= 4 is 35.1 Å². The number of aryl methyl sites for hydroxylation is 1. The molecule has 1 fully saturated rings. The third kappa shape index (κ3) is 4.64. The van der Waals surface area contributed by atoms with Crippen molar-refractivity contribution < 1.29 is 14.3 Å². The summed E-state index contributed by atoms with van der Waals surface area (Å²) in [5, 5.41) is 2.76. The molecule has 0 saturated carbocycles. The highest BCUT2D eigenvalue weighted by Gasteiger charge is 2.33. The molecule has 2 heterocycles. The molecule has 1 atom stereocenters. The topological polar surface area (TPSA) is 58.6 Å². The van der Waals surface area contributed by atoms with Gasteiger partial charge in [0.15, 0.2) is 0 Å². The van der Waals surface area contributed by atoms with Gasteiger partial charge >= 0.3 is 6.09 Å². The standard InChI is InChI=1S/C15H22N2O3S2/c1-10-5-6-11(22-10)13-17(12(18)9-21-13)8-7-16-14(19)20-15(2,3)4/h5-6,13H,7-9H2,1-4H3,(H,16,19). The van der Waals surface area contributed by atoms with Crippen molar-refractivity contribution in [2.24, 2.45) is 0 Å². The van der Waals surface area contributed by atoms with Crippen LogP contribution < -0.4 is 5.32 Å². The van der Waals surface area contributed by atoms with Crippen molar-refractivity contribution in [1.29, 1.82) is 0 Å². The first-order valence-corrected chi connectivity index (χ1v) is 9.07. The average Bonchev–Trinajstić information content (AvgIpc) is 2.94. The number of hydrogen-bond acceptors (Lipinski definition) is 5. The number of nitrogens with one attached hydrogen (secondary N) is 1. The number of alkyl carbamates (subject to hydrolysis) is 1. The molecule has 1 aliphatic heterocycles. The Bertz CT molecular complexity index is 551. The Hall–Kier alpha value is -1.21. The van der Waals surface area contributed by atoms with Gasteiger partial charge < -0.3 is 15.0 Å². The van der Waals surface area contributed by atoms with Gasteiger partial charge in [-0.3, -0.25) is 4.79 Å². The van der Waals surface area contributed by atoms with Crippen molar-refractivity contribution in [2.45, 2.75) is 38.7 Å². The zero-order valence-corrected chi connectivity index (χ0v) is 15.0. The summed E-state index contributed by atoms with van der Waals surface area (Å²) >= 11 is 3.35. The van der Waals surface area contributed by atoms with E-state index in [1.165, 1.54) is 9.75 Å². The average molecular weight is 342 g/mol. The summed E-state index contributed by atoms with van der Waals surface area (Å²) in [5.74, 6) is 0.612. The summed E-state index contributed by atoms with van der Waals surface area (Å²) in [6, 6.07) is 4.14. The van der Waals surface area contributed by atoms with Crippen LogP contribution in [0.5, 0.6) is 0 Å². The third-order valence-corrected chi connectivity index (χ3v) is 5.43. The minimum absolute atomic E-state index is 0.0617. The predicted molar refractivity (Wildman–Crippen MR) is 90.2 cm³/mol. The van der Waals surface area contributed by atoms with E-state index in [0.717, 1.165) is 0 Å². The van der Waals surface area contributed by atoms with Crippen molar-refractivity contribution in [3.63, 3.8) is 0 Å². The summed E-state index contributed by atoms with van der Waals surface area (Å²) in [7, 11) is 0. The lowest BCUT2D eigenvalue weighted by molar-refractivity contribution is -0.127. The molecule has 22 heavy (non-hydrogen) atoms. The zero-order valence-electron chi connectivity index (χ0n) is 13.3. The number of nitrogens with zero attached hydrogens (tertiary/aromatic N) is 1. The summed E-state index contributed by atoms with van der Waals surface area (Å²) in [6.07, 6.45) is -0.449. The van der Waals surface area contributed by atoms with Crippen LogP contribution in [0.3, 0.4) is 0 Å². The van der Waals surface area contributed by atoms with Crippen LogP contribution in [0.2, 0.25) is 0 Å². The molecule has 1 saturated heterocycles. The first kappa shape index (κ1) is 17.1. The number of ether oxygens (including phenoxy) is 1. The zero-order chi connectivity index (χ0) is 16.3. The minimum atomic E-state index is -0.513. The van der Waals surface area contributed by atoms with Gasteiger partial charge in [0.2, 0.25) is 5.91 Å². The Labute approximate surface area is 139 Å². The van der Waals surface area contributed by atoms with Gasteiger partial charge in [-0.05, 0) is 39.8 Å². The fourth-order valence-electron chi connectivity index (χ4n) is 2.11. The Morgan fingerprint density at radius 3 is 2.77 bits per heavy atom. The molecule has 0 spiro atoms. The predicted octanol–water partition coefficient (Wildman–Crippen LogP) is 3.16. The van der Waals surface area contributed by atoms with Crippen LogP contribution in [-0.2, 0) is 9.53 Å². The maximum absolute atomic E-state index is 12.0. The molecule has 122 valence electrons.